The van der Waals surface area contributed by atoms with E-state index < -0.39 is 11.9 Å². The first-order valence-electron chi connectivity index (χ1n) is 7.07. The second-order valence-electron chi connectivity index (χ2n) is 5.35. The average Bonchev–Trinajstić information content (AvgIpc) is 2.41. The third kappa shape index (κ3) is 7.69. The van der Waals surface area contributed by atoms with Crippen LogP contribution in [0.2, 0.25) is 0 Å². The molecule has 0 heterocycles. The van der Waals surface area contributed by atoms with Crippen LogP contribution in [0.15, 0.2) is 0 Å². The summed E-state index contributed by atoms with van der Waals surface area (Å²) in [6, 6.07) is 0. The van der Waals surface area contributed by atoms with E-state index in [1.165, 1.54) is 12.8 Å². The molecule has 0 aromatic heterocycles. The molecule has 0 amide bonds. The Morgan fingerprint density at radius 2 is 0.895 bits per heavy atom. The smallest absolute Gasteiger partial charge is 0.306 e. The van der Waals surface area contributed by atoms with Gasteiger partial charge in [0, 0.05) is 20.4 Å². The molecule has 0 bridgehead atoms. The summed E-state index contributed by atoms with van der Waals surface area (Å²) in [5.74, 6) is -1.26. The summed E-state index contributed by atoms with van der Waals surface area (Å²) in [5, 5.41) is 17.1. The molecule has 0 atom stereocenters. The molecule has 2 aliphatic rings. The number of rotatable bonds is 2. The Bertz CT molecular complexity index is 241. The minimum absolute atomic E-state index is 0. The van der Waals surface area contributed by atoms with Crippen LogP contribution in [0, 0.1) is 11.8 Å². The average molecular weight is 363 g/mol. The summed E-state index contributed by atoms with van der Waals surface area (Å²) < 4.78 is 0. The molecule has 0 spiro atoms. The van der Waals surface area contributed by atoms with Crippen LogP contribution in [0.3, 0.4) is 0 Å². The third-order valence-electron chi connectivity index (χ3n) is 3.91. The van der Waals surface area contributed by atoms with Gasteiger partial charge in [0.2, 0.25) is 0 Å². The fourth-order valence-electron chi connectivity index (χ4n) is 2.70. The first-order valence-corrected chi connectivity index (χ1v) is 7.07. The van der Waals surface area contributed by atoms with E-state index in [2.05, 4.69) is 0 Å². The van der Waals surface area contributed by atoms with Crippen LogP contribution >= 0.6 is 0 Å². The SMILES string of the molecule is O=C(O)C1CCCCC1.O=C(O)C1CCCCC1.[Pd]. The zero-order valence-corrected chi connectivity index (χ0v) is 12.8. The third-order valence-corrected chi connectivity index (χ3v) is 3.91. The minimum atomic E-state index is -0.602. The Morgan fingerprint density at radius 1 is 0.632 bits per heavy atom. The molecule has 2 fully saturated rings. The van der Waals surface area contributed by atoms with Crippen molar-refractivity contribution in [1.82, 2.24) is 0 Å². The minimum Gasteiger partial charge on any atom is -0.481 e. The molecule has 114 valence electrons. The number of carboxylic acid groups (broad SMARTS) is 2. The summed E-state index contributed by atoms with van der Waals surface area (Å²) in [6.45, 7) is 0. The predicted octanol–water partition coefficient (Wildman–Crippen LogP) is 3.30. The number of hydrogen-bond acceptors (Lipinski definition) is 2. The maximum Gasteiger partial charge on any atom is 0.306 e. The quantitative estimate of drug-likeness (QED) is 0.739. The Labute approximate surface area is 128 Å². The summed E-state index contributed by atoms with van der Waals surface area (Å²) >= 11 is 0. The Balaban J connectivity index is 0.000000324. The molecular formula is C14H24O4Pd. The summed E-state index contributed by atoms with van der Waals surface area (Å²) in [7, 11) is 0. The zero-order valence-electron chi connectivity index (χ0n) is 11.3. The molecule has 0 saturated heterocycles. The topological polar surface area (TPSA) is 74.6 Å². The molecule has 2 saturated carbocycles. The largest absolute Gasteiger partial charge is 0.481 e. The van der Waals surface area contributed by atoms with E-state index in [1.807, 2.05) is 0 Å². The maximum atomic E-state index is 10.4. The van der Waals surface area contributed by atoms with Crippen molar-refractivity contribution in [3.05, 3.63) is 0 Å². The molecule has 0 aromatic carbocycles. The van der Waals surface area contributed by atoms with Crippen molar-refractivity contribution in [2.45, 2.75) is 64.2 Å². The van der Waals surface area contributed by atoms with Gasteiger partial charge in [-0.05, 0) is 25.7 Å². The molecule has 2 N–H and O–H groups in total. The van der Waals surface area contributed by atoms with Crippen LogP contribution in [-0.4, -0.2) is 22.2 Å². The predicted molar refractivity (Wildman–Crippen MR) is 68.4 cm³/mol. The summed E-state index contributed by atoms with van der Waals surface area (Å²) in [6.07, 6.45) is 10.5. The maximum absolute atomic E-state index is 10.4. The van der Waals surface area contributed by atoms with E-state index >= 15 is 0 Å². The normalized spacial score (nSPS) is 20.6. The van der Waals surface area contributed by atoms with Gasteiger partial charge in [-0.2, -0.15) is 0 Å². The molecule has 2 rings (SSSR count). The number of carboxylic acids is 2. The van der Waals surface area contributed by atoms with Crippen LogP contribution in [-0.2, 0) is 30.0 Å². The van der Waals surface area contributed by atoms with Crippen LogP contribution in [0.25, 0.3) is 0 Å². The fourth-order valence-corrected chi connectivity index (χ4v) is 2.70. The van der Waals surface area contributed by atoms with E-state index in [9.17, 15) is 9.59 Å². The molecule has 0 radical (unpaired) electrons. The Hall–Kier alpha value is -0.398. The van der Waals surface area contributed by atoms with Gasteiger partial charge in [-0.15, -0.1) is 0 Å². The molecule has 19 heavy (non-hydrogen) atoms. The van der Waals surface area contributed by atoms with Crippen molar-refractivity contribution < 1.29 is 40.2 Å². The van der Waals surface area contributed by atoms with Crippen molar-refractivity contribution in [1.29, 1.82) is 0 Å². The monoisotopic (exact) mass is 362 g/mol. The second-order valence-corrected chi connectivity index (χ2v) is 5.35. The van der Waals surface area contributed by atoms with E-state index in [0.29, 0.717) is 0 Å². The van der Waals surface area contributed by atoms with E-state index in [-0.39, 0.29) is 32.3 Å². The molecule has 5 heteroatoms. The van der Waals surface area contributed by atoms with Crippen LogP contribution in [0.1, 0.15) is 64.2 Å². The van der Waals surface area contributed by atoms with Gasteiger partial charge >= 0.3 is 11.9 Å². The van der Waals surface area contributed by atoms with E-state index in [1.54, 1.807) is 0 Å². The van der Waals surface area contributed by atoms with Crippen LogP contribution in [0.4, 0.5) is 0 Å². The van der Waals surface area contributed by atoms with Gasteiger partial charge in [0.25, 0.3) is 0 Å². The van der Waals surface area contributed by atoms with Crippen molar-refractivity contribution in [2.24, 2.45) is 11.8 Å². The van der Waals surface area contributed by atoms with Gasteiger partial charge in [-0.25, -0.2) is 0 Å². The molecule has 0 aromatic rings. The first-order chi connectivity index (χ1) is 8.61. The van der Waals surface area contributed by atoms with Crippen molar-refractivity contribution >= 4 is 11.9 Å². The van der Waals surface area contributed by atoms with Crippen molar-refractivity contribution in [3.8, 4) is 0 Å². The van der Waals surface area contributed by atoms with Gasteiger partial charge in [-0.1, -0.05) is 38.5 Å². The Kier molecular flexibility index (Phi) is 10.2. The summed E-state index contributed by atoms with van der Waals surface area (Å²) in [5.41, 5.74) is 0. The van der Waals surface area contributed by atoms with E-state index in [0.717, 1.165) is 51.4 Å². The van der Waals surface area contributed by atoms with Crippen LogP contribution < -0.4 is 0 Å². The molecule has 0 aliphatic heterocycles. The zero-order chi connectivity index (χ0) is 13.4. The van der Waals surface area contributed by atoms with Gasteiger partial charge in [0.05, 0.1) is 11.8 Å². The van der Waals surface area contributed by atoms with Gasteiger partial charge in [-0.3, -0.25) is 9.59 Å². The first kappa shape index (κ1) is 18.6. The van der Waals surface area contributed by atoms with E-state index in [4.69, 9.17) is 10.2 Å². The molecular weight excluding hydrogens is 339 g/mol. The molecule has 0 unspecified atom stereocenters. The van der Waals surface area contributed by atoms with Gasteiger partial charge in [0.1, 0.15) is 0 Å². The Morgan fingerprint density at radius 3 is 1.05 bits per heavy atom. The fraction of sp³-hybridized carbons (Fsp3) is 0.857. The summed E-state index contributed by atoms with van der Waals surface area (Å²) in [4.78, 5) is 20.7. The van der Waals surface area contributed by atoms with Crippen molar-refractivity contribution in [2.75, 3.05) is 0 Å². The molecule has 4 nitrogen and oxygen atoms in total. The van der Waals surface area contributed by atoms with Crippen molar-refractivity contribution in [3.63, 3.8) is 0 Å². The molecule has 2 aliphatic carbocycles. The van der Waals surface area contributed by atoms with Gasteiger partial charge < -0.3 is 10.2 Å². The number of carbonyl (C=O) groups is 2. The van der Waals surface area contributed by atoms with Crippen LogP contribution in [0.5, 0.6) is 0 Å². The standard InChI is InChI=1S/2C7H12O2.Pd/c2*8-7(9)6-4-2-1-3-5-6;/h2*6H,1-5H2,(H,8,9);. The number of hydrogen-bond donors (Lipinski definition) is 2. The number of aliphatic carboxylic acids is 2. The second kappa shape index (κ2) is 10.4. The van der Waals surface area contributed by atoms with Gasteiger partial charge in [0.15, 0.2) is 0 Å².